The summed E-state index contributed by atoms with van der Waals surface area (Å²) in [5.41, 5.74) is 1.63. The molecule has 0 saturated heterocycles. The van der Waals surface area contributed by atoms with E-state index in [1.165, 1.54) is 0 Å². The maximum Gasteiger partial charge on any atom is 0.258 e. The predicted molar refractivity (Wildman–Crippen MR) is 92.4 cm³/mol. The van der Waals surface area contributed by atoms with Gasteiger partial charge in [0.25, 0.3) is 5.89 Å². The van der Waals surface area contributed by atoms with Gasteiger partial charge >= 0.3 is 0 Å². The summed E-state index contributed by atoms with van der Waals surface area (Å²) in [5.74, 6) is 2.38. The van der Waals surface area contributed by atoms with Gasteiger partial charge in [-0.2, -0.15) is 4.98 Å². The minimum absolute atomic E-state index is 0.204. The van der Waals surface area contributed by atoms with Crippen LogP contribution in [0.1, 0.15) is 5.82 Å². The van der Waals surface area contributed by atoms with Crippen LogP contribution in [0.15, 0.2) is 65.3 Å². The van der Waals surface area contributed by atoms with E-state index in [9.17, 15) is 0 Å². The van der Waals surface area contributed by atoms with Crippen molar-refractivity contribution in [1.29, 1.82) is 0 Å². The summed E-state index contributed by atoms with van der Waals surface area (Å²) >= 11 is 0. The van der Waals surface area contributed by atoms with Crippen molar-refractivity contribution in [2.24, 2.45) is 0 Å². The lowest BCUT2D eigenvalue weighted by Gasteiger charge is -2.06. The largest absolute Gasteiger partial charge is 0.497 e. The van der Waals surface area contributed by atoms with Gasteiger partial charge in [-0.05, 0) is 36.4 Å². The number of methoxy groups -OCH3 is 1. The SMILES string of the molecule is COc1ccc(-c2nc(COc3cccc4cccnc34)no2)cc1. The monoisotopic (exact) mass is 333 g/mol. The Morgan fingerprint density at radius 1 is 1.00 bits per heavy atom. The third kappa shape index (κ3) is 3.14. The second kappa shape index (κ2) is 6.60. The van der Waals surface area contributed by atoms with E-state index in [1.807, 2.05) is 54.6 Å². The molecule has 4 rings (SSSR count). The van der Waals surface area contributed by atoms with Crippen molar-refractivity contribution in [2.45, 2.75) is 6.61 Å². The molecule has 0 unspecified atom stereocenters. The molecule has 0 bridgehead atoms. The van der Waals surface area contributed by atoms with Crippen molar-refractivity contribution in [2.75, 3.05) is 7.11 Å². The Kier molecular flexibility index (Phi) is 4.00. The average Bonchev–Trinajstić information content (AvgIpc) is 3.15. The minimum Gasteiger partial charge on any atom is -0.497 e. The van der Waals surface area contributed by atoms with Crippen molar-refractivity contribution in [3.05, 3.63) is 66.6 Å². The summed E-state index contributed by atoms with van der Waals surface area (Å²) in [6.07, 6.45) is 1.74. The highest BCUT2D eigenvalue weighted by molar-refractivity contribution is 5.84. The summed E-state index contributed by atoms with van der Waals surface area (Å²) in [7, 11) is 1.62. The summed E-state index contributed by atoms with van der Waals surface area (Å²) in [4.78, 5) is 8.73. The molecule has 2 aromatic heterocycles. The lowest BCUT2D eigenvalue weighted by Crippen LogP contribution is -1.98. The molecule has 0 N–H and O–H groups in total. The number of rotatable bonds is 5. The quantitative estimate of drug-likeness (QED) is 0.552. The van der Waals surface area contributed by atoms with Gasteiger partial charge in [-0.25, -0.2) is 0 Å². The molecule has 0 amide bonds. The summed E-state index contributed by atoms with van der Waals surface area (Å²) in [5, 5.41) is 4.99. The van der Waals surface area contributed by atoms with Crippen LogP contribution in [-0.2, 0) is 6.61 Å². The van der Waals surface area contributed by atoms with E-state index < -0.39 is 0 Å². The molecule has 0 aliphatic heterocycles. The average molecular weight is 333 g/mol. The molecule has 0 aliphatic rings. The van der Waals surface area contributed by atoms with Crippen molar-refractivity contribution in [3.63, 3.8) is 0 Å². The lowest BCUT2D eigenvalue weighted by atomic mass is 10.2. The van der Waals surface area contributed by atoms with Crippen molar-refractivity contribution < 1.29 is 14.0 Å². The first-order chi connectivity index (χ1) is 12.3. The Balaban J connectivity index is 1.51. The van der Waals surface area contributed by atoms with E-state index in [0.29, 0.717) is 17.5 Å². The molecular weight excluding hydrogens is 318 g/mol. The second-order valence-electron chi connectivity index (χ2n) is 5.36. The fraction of sp³-hybridized carbons (Fsp3) is 0.105. The third-order valence-corrected chi connectivity index (χ3v) is 3.76. The number of nitrogens with zero attached hydrogens (tertiary/aromatic N) is 3. The number of hydrogen-bond acceptors (Lipinski definition) is 6. The van der Waals surface area contributed by atoms with Gasteiger partial charge in [0, 0.05) is 17.1 Å². The van der Waals surface area contributed by atoms with Gasteiger partial charge in [0.1, 0.15) is 17.0 Å². The number of benzene rings is 2. The van der Waals surface area contributed by atoms with Crippen LogP contribution >= 0.6 is 0 Å². The first-order valence-corrected chi connectivity index (χ1v) is 7.77. The van der Waals surface area contributed by atoms with Crippen LogP contribution in [0.3, 0.4) is 0 Å². The highest BCUT2D eigenvalue weighted by atomic mass is 16.5. The number of ether oxygens (including phenoxy) is 2. The second-order valence-corrected chi connectivity index (χ2v) is 5.36. The molecule has 2 aromatic carbocycles. The van der Waals surface area contributed by atoms with Crippen LogP contribution < -0.4 is 9.47 Å². The molecular formula is C19H15N3O3. The summed E-state index contributed by atoms with van der Waals surface area (Å²) in [6, 6.07) is 17.1. The Morgan fingerprint density at radius 3 is 2.68 bits per heavy atom. The van der Waals surface area contributed by atoms with Crippen molar-refractivity contribution in [1.82, 2.24) is 15.1 Å². The fourth-order valence-corrected chi connectivity index (χ4v) is 2.50. The standard InChI is InChI=1S/C19H15N3O3/c1-23-15-9-7-14(8-10-15)19-21-17(22-25-19)12-24-16-6-2-4-13-5-3-11-20-18(13)16/h2-11H,12H2,1H3. The first-order valence-electron chi connectivity index (χ1n) is 7.77. The molecule has 0 radical (unpaired) electrons. The number of fused-ring (bicyclic) bond motifs is 1. The van der Waals surface area contributed by atoms with E-state index in [4.69, 9.17) is 14.0 Å². The highest BCUT2D eigenvalue weighted by Crippen LogP contribution is 2.24. The maximum absolute atomic E-state index is 5.82. The molecule has 0 spiro atoms. The third-order valence-electron chi connectivity index (χ3n) is 3.76. The zero-order valence-corrected chi connectivity index (χ0v) is 13.5. The van der Waals surface area contributed by atoms with E-state index in [0.717, 1.165) is 22.2 Å². The molecule has 0 saturated carbocycles. The van der Waals surface area contributed by atoms with E-state index in [1.54, 1.807) is 13.3 Å². The van der Waals surface area contributed by atoms with Gasteiger partial charge in [-0.1, -0.05) is 23.4 Å². The Morgan fingerprint density at radius 2 is 1.84 bits per heavy atom. The molecule has 25 heavy (non-hydrogen) atoms. The Bertz CT molecular complexity index is 991. The molecule has 4 aromatic rings. The minimum atomic E-state index is 0.204. The molecule has 0 atom stereocenters. The lowest BCUT2D eigenvalue weighted by molar-refractivity contribution is 0.290. The van der Waals surface area contributed by atoms with Crippen molar-refractivity contribution >= 4 is 10.9 Å². The van der Waals surface area contributed by atoms with E-state index >= 15 is 0 Å². The maximum atomic E-state index is 5.82. The summed E-state index contributed by atoms with van der Waals surface area (Å²) < 4.78 is 16.3. The highest BCUT2D eigenvalue weighted by Gasteiger charge is 2.10. The molecule has 0 aliphatic carbocycles. The number of pyridine rings is 1. The van der Waals surface area contributed by atoms with Crippen LogP contribution in [0, 0.1) is 0 Å². The zero-order valence-electron chi connectivity index (χ0n) is 13.5. The molecule has 124 valence electrons. The van der Waals surface area contributed by atoms with Gasteiger partial charge < -0.3 is 14.0 Å². The molecule has 6 heteroatoms. The van der Waals surface area contributed by atoms with Crippen LogP contribution in [0.25, 0.3) is 22.4 Å². The number of hydrogen-bond donors (Lipinski definition) is 0. The van der Waals surface area contributed by atoms with Crippen molar-refractivity contribution in [3.8, 4) is 23.0 Å². The first kappa shape index (κ1) is 15.1. The smallest absolute Gasteiger partial charge is 0.258 e. The van der Waals surface area contributed by atoms with Gasteiger partial charge in [-0.15, -0.1) is 0 Å². The van der Waals surface area contributed by atoms with Crippen LogP contribution in [0.5, 0.6) is 11.5 Å². The van der Waals surface area contributed by atoms with Crippen LogP contribution in [0.2, 0.25) is 0 Å². The predicted octanol–water partition coefficient (Wildman–Crippen LogP) is 3.87. The van der Waals surface area contributed by atoms with Gasteiger partial charge in [0.2, 0.25) is 5.82 Å². The van der Waals surface area contributed by atoms with Gasteiger partial charge in [0.05, 0.1) is 7.11 Å². The van der Waals surface area contributed by atoms with Crippen LogP contribution in [0.4, 0.5) is 0 Å². The van der Waals surface area contributed by atoms with E-state index in [-0.39, 0.29) is 6.61 Å². The zero-order chi connectivity index (χ0) is 17.1. The fourth-order valence-electron chi connectivity index (χ4n) is 2.50. The van der Waals surface area contributed by atoms with Gasteiger partial charge in [-0.3, -0.25) is 4.98 Å². The number of aromatic nitrogens is 3. The Labute approximate surface area is 144 Å². The Hall–Kier alpha value is -3.41. The normalized spacial score (nSPS) is 10.8. The van der Waals surface area contributed by atoms with Gasteiger partial charge in [0.15, 0.2) is 6.61 Å². The molecule has 0 fully saturated rings. The molecule has 6 nitrogen and oxygen atoms in total. The van der Waals surface area contributed by atoms with Crippen LogP contribution in [-0.4, -0.2) is 22.2 Å². The topological polar surface area (TPSA) is 70.3 Å². The molecule has 2 heterocycles. The number of para-hydroxylation sites is 1. The summed E-state index contributed by atoms with van der Waals surface area (Å²) in [6.45, 7) is 0.204. The van der Waals surface area contributed by atoms with E-state index in [2.05, 4.69) is 15.1 Å².